The highest BCUT2D eigenvalue weighted by Gasteiger charge is 2.32. The van der Waals surface area contributed by atoms with Gasteiger partial charge in [0.2, 0.25) is 11.8 Å². The van der Waals surface area contributed by atoms with Crippen molar-refractivity contribution in [2.45, 2.75) is 25.8 Å². The van der Waals surface area contributed by atoms with Crippen LogP contribution >= 0.6 is 0 Å². The molecule has 1 aromatic heterocycles. The third-order valence-corrected chi connectivity index (χ3v) is 3.16. The van der Waals surface area contributed by atoms with Crippen molar-refractivity contribution in [1.29, 1.82) is 0 Å². The summed E-state index contributed by atoms with van der Waals surface area (Å²) in [6.45, 7) is 2.60. The molecule has 18 heavy (non-hydrogen) atoms. The van der Waals surface area contributed by atoms with Gasteiger partial charge in [0, 0.05) is 18.9 Å². The van der Waals surface area contributed by atoms with Gasteiger partial charge in [0.15, 0.2) is 0 Å². The summed E-state index contributed by atoms with van der Waals surface area (Å²) in [5.74, 6) is -0.0615. The number of nitrogens with one attached hydrogen (secondary N) is 1. The minimum absolute atomic E-state index is 0.00894. The number of hydrogen-bond donors (Lipinski definition) is 1. The Morgan fingerprint density at radius 3 is 3.00 bits per heavy atom. The zero-order valence-electron chi connectivity index (χ0n) is 10.4. The van der Waals surface area contributed by atoms with Crippen LogP contribution in [0, 0.1) is 0 Å². The fourth-order valence-electron chi connectivity index (χ4n) is 2.18. The molecule has 1 N–H and O–H groups in total. The largest absolute Gasteiger partial charge is 0.345 e. The van der Waals surface area contributed by atoms with Crippen LogP contribution in [0.5, 0.6) is 0 Å². The predicted octanol–water partition coefficient (Wildman–Crippen LogP) is 0.361. The van der Waals surface area contributed by atoms with Crippen molar-refractivity contribution < 1.29 is 9.59 Å². The average Bonchev–Trinajstić information content (AvgIpc) is 2.41. The van der Waals surface area contributed by atoms with Crippen LogP contribution in [-0.4, -0.2) is 40.8 Å². The van der Waals surface area contributed by atoms with Gasteiger partial charge in [0.1, 0.15) is 6.04 Å². The molecule has 0 aromatic carbocycles. The van der Waals surface area contributed by atoms with Crippen molar-refractivity contribution in [3.8, 4) is 0 Å². The molecule has 0 radical (unpaired) electrons. The quantitative estimate of drug-likeness (QED) is 0.835. The molecule has 1 fully saturated rings. The van der Waals surface area contributed by atoms with Crippen molar-refractivity contribution in [3.05, 3.63) is 30.1 Å². The van der Waals surface area contributed by atoms with Crippen LogP contribution in [0.2, 0.25) is 0 Å². The van der Waals surface area contributed by atoms with E-state index >= 15 is 0 Å². The topological polar surface area (TPSA) is 62.3 Å². The number of pyridine rings is 1. The van der Waals surface area contributed by atoms with Crippen molar-refractivity contribution >= 4 is 11.8 Å². The Hall–Kier alpha value is -1.91. The third kappa shape index (κ3) is 2.67. The van der Waals surface area contributed by atoms with Gasteiger partial charge in [-0.2, -0.15) is 0 Å². The highest BCUT2D eigenvalue weighted by molar-refractivity contribution is 5.94. The second-order valence-electron chi connectivity index (χ2n) is 4.34. The summed E-state index contributed by atoms with van der Waals surface area (Å²) in [7, 11) is 0. The van der Waals surface area contributed by atoms with E-state index in [1.165, 1.54) is 0 Å². The van der Waals surface area contributed by atoms with Gasteiger partial charge >= 0.3 is 0 Å². The fraction of sp³-hybridized carbons (Fsp3) is 0.462. The van der Waals surface area contributed by atoms with E-state index in [1.54, 1.807) is 17.3 Å². The number of carbonyl (C=O) groups is 2. The Kier molecular flexibility index (Phi) is 3.92. The van der Waals surface area contributed by atoms with Crippen molar-refractivity contribution in [2.75, 3.05) is 13.1 Å². The van der Waals surface area contributed by atoms with Gasteiger partial charge in [-0.05, 0) is 24.5 Å². The fourth-order valence-corrected chi connectivity index (χ4v) is 2.18. The summed E-state index contributed by atoms with van der Waals surface area (Å²) < 4.78 is 0. The molecule has 2 amide bonds. The Morgan fingerprint density at radius 2 is 2.33 bits per heavy atom. The number of carbonyl (C=O) groups excluding carboxylic acids is 2. The molecule has 0 spiro atoms. The second kappa shape index (κ2) is 5.62. The molecule has 0 aliphatic carbocycles. The van der Waals surface area contributed by atoms with Crippen molar-refractivity contribution in [2.24, 2.45) is 0 Å². The maximum Gasteiger partial charge on any atom is 0.243 e. The Labute approximate surface area is 106 Å². The van der Waals surface area contributed by atoms with Crippen molar-refractivity contribution in [3.63, 3.8) is 0 Å². The molecule has 1 unspecified atom stereocenters. The second-order valence-corrected chi connectivity index (χ2v) is 4.34. The summed E-state index contributed by atoms with van der Waals surface area (Å²) in [6.07, 6.45) is 4.88. The molecule has 1 aromatic rings. The molecule has 1 atom stereocenters. The Bertz CT molecular complexity index is 433. The van der Waals surface area contributed by atoms with Crippen LogP contribution in [0.15, 0.2) is 24.5 Å². The van der Waals surface area contributed by atoms with Gasteiger partial charge in [0.05, 0.1) is 6.54 Å². The van der Waals surface area contributed by atoms with E-state index in [0.29, 0.717) is 13.0 Å². The minimum Gasteiger partial charge on any atom is -0.345 e. The standard InChI is InChI=1S/C13H17N3O2/c1-2-11-13(18)15-9-12(17)16(11)7-5-10-4-3-6-14-8-10/h3-4,6,8,11H,2,5,7,9H2,1H3,(H,15,18). The van der Waals surface area contributed by atoms with E-state index in [2.05, 4.69) is 10.3 Å². The van der Waals surface area contributed by atoms with E-state index < -0.39 is 0 Å². The van der Waals surface area contributed by atoms with Gasteiger partial charge in [-0.25, -0.2) is 0 Å². The smallest absolute Gasteiger partial charge is 0.243 e. The first-order chi connectivity index (χ1) is 8.72. The molecule has 1 aliphatic heterocycles. The van der Waals surface area contributed by atoms with E-state index in [9.17, 15) is 9.59 Å². The van der Waals surface area contributed by atoms with Crippen LogP contribution in [0.1, 0.15) is 18.9 Å². The lowest BCUT2D eigenvalue weighted by molar-refractivity contribution is -0.145. The molecule has 2 heterocycles. The lowest BCUT2D eigenvalue weighted by Crippen LogP contribution is -2.58. The molecular formula is C13H17N3O2. The monoisotopic (exact) mass is 247 g/mol. The van der Waals surface area contributed by atoms with Crippen LogP contribution in [-0.2, 0) is 16.0 Å². The van der Waals surface area contributed by atoms with E-state index in [4.69, 9.17) is 0 Å². The number of aromatic nitrogens is 1. The first-order valence-corrected chi connectivity index (χ1v) is 6.18. The molecular weight excluding hydrogens is 230 g/mol. The van der Waals surface area contributed by atoms with Gasteiger partial charge in [-0.15, -0.1) is 0 Å². The molecule has 0 bridgehead atoms. The SMILES string of the molecule is CCC1C(=O)NCC(=O)N1CCc1cccnc1. The number of piperazine rings is 1. The van der Waals surface area contributed by atoms with E-state index in [0.717, 1.165) is 12.0 Å². The molecule has 1 aliphatic rings. The minimum atomic E-state index is -0.331. The average molecular weight is 247 g/mol. The Morgan fingerprint density at radius 1 is 1.50 bits per heavy atom. The summed E-state index contributed by atoms with van der Waals surface area (Å²) >= 11 is 0. The normalized spacial score (nSPS) is 19.8. The maximum atomic E-state index is 11.8. The van der Waals surface area contributed by atoms with Crippen LogP contribution in [0.25, 0.3) is 0 Å². The van der Waals surface area contributed by atoms with Crippen LogP contribution in [0.4, 0.5) is 0 Å². The zero-order chi connectivity index (χ0) is 13.0. The van der Waals surface area contributed by atoms with Crippen LogP contribution < -0.4 is 5.32 Å². The van der Waals surface area contributed by atoms with Crippen molar-refractivity contribution in [1.82, 2.24) is 15.2 Å². The lowest BCUT2D eigenvalue weighted by atomic mass is 10.1. The first kappa shape index (κ1) is 12.5. The summed E-state index contributed by atoms with van der Waals surface area (Å²) in [4.78, 5) is 29.2. The summed E-state index contributed by atoms with van der Waals surface area (Å²) in [6, 6.07) is 3.52. The molecule has 96 valence electrons. The maximum absolute atomic E-state index is 11.8. The zero-order valence-corrected chi connectivity index (χ0v) is 10.4. The highest BCUT2D eigenvalue weighted by atomic mass is 16.2. The third-order valence-electron chi connectivity index (χ3n) is 3.16. The van der Waals surface area contributed by atoms with Gasteiger partial charge in [-0.1, -0.05) is 13.0 Å². The van der Waals surface area contributed by atoms with E-state index in [1.807, 2.05) is 19.1 Å². The van der Waals surface area contributed by atoms with E-state index in [-0.39, 0.29) is 24.4 Å². The molecule has 0 saturated carbocycles. The predicted molar refractivity (Wildman–Crippen MR) is 66.7 cm³/mol. The first-order valence-electron chi connectivity index (χ1n) is 6.18. The number of hydrogen-bond acceptors (Lipinski definition) is 3. The van der Waals surface area contributed by atoms with Gasteiger partial charge < -0.3 is 10.2 Å². The molecule has 5 nitrogen and oxygen atoms in total. The van der Waals surface area contributed by atoms with Gasteiger partial charge in [0.25, 0.3) is 0 Å². The Balaban J connectivity index is 2.01. The molecule has 2 rings (SSSR count). The summed E-state index contributed by atoms with van der Waals surface area (Å²) in [5, 5.41) is 2.62. The molecule has 1 saturated heterocycles. The van der Waals surface area contributed by atoms with Gasteiger partial charge in [-0.3, -0.25) is 14.6 Å². The lowest BCUT2D eigenvalue weighted by Gasteiger charge is -2.34. The highest BCUT2D eigenvalue weighted by Crippen LogP contribution is 2.11. The number of amides is 2. The van der Waals surface area contributed by atoms with Crippen LogP contribution in [0.3, 0.4) is 0 Å². The number of nitrogens with zero attached hydrogens (tertiary/aromatic N) is 2. The molecule has 5 heteroatoms. The summed E-state index contributed by atoms with van der Waals surface area (Å²) in [5.41, 5.74) is 1.08. The number of rotatable bonds is 4.